The summed E-state index contributed by atoms with van der Waals surface area (Å²) in [7, 11) is 1.42. The molecule has 0 N–H and O–H groups in total. The van der Waals surface area contributed by atoms with Crippen LogP contribution in [0.2, 0.25) is 0 Å². The van der Waals surface area contributed by atoms with Gasteiger partial charge in [0, 0.05) is 6.42 Å². The third-order valence-electron chi connectivity index (χ3n) is 1.60. The van der Waals surface area contributed by atoms with Crippen LogP contribution in [0.5, 0.6) is 0 Å². The first-order valence-corrected chi connectivity index (χ1v) is 3.54. The maximum Gasteiger partial charge on any atom is 0.156 e. The van der Waals surface area contributed by atoms with Gasteiger partial charge in [-0.15, -0.1) is 0 Å². The van der Waals surface area contributed by atoms with E-state index in [0.29, 0.717) is 18.5 Å². The van der Waals surface area contributed by atoms with E-state index in [9.17, 15) is 9.18 Å². The van der Waals surface area contributed by atoms with Crippen LogP contribution in [0, 0.1) is 0 Å². The van der Waals surface area contributed by atoms with Crippen LogP contribution in [0.1, 0.15) is 6.42 Å². The molecular formula is C9H9FO2. The van der Waals surface area contributed by atoms with E-state index >= 15 is 0 Å². The minimum Gasteiger partial charge on any atom is -0.500 e. The largest absolute Gasteiger partial charge is 0.500 e. The number of carbonyl (C=O) groups excluding carboxylic acids is 1. The summed E-state index contributed by atoms with van der Waals surface area (Å²) < 4.78 is 17.8. The van der Waals surface area contributed by atoms with Crippen molar-refractivity contribution in [1.29, 1.82) is 0 Å². The fraction of sp³-hybridized carbons (Fsp3) is 0.222. The highest BCUT2D eigenvalue weighted by Gasteiger charge is 2.11. The van der Waals surface area contributed by atoms with E-state index in [2.05, 4.69) is 0 Å². The number of aldehydes is 1. The molecule has 0 radical (unpaired) electrons. The molecule has 64 valence electrons. The Bertz CT molecular complexity index is 274. The predicted molar refractivity (Wildman–Crippen MR) is 43.0 cm³/mol. The normalized spacial score (nSPS) is 17.0. The summed E-state index contributed by atoms with van der Waals surface area (Å²) in [6, 6.07) is 0. The van der Waals surface area contributed by atoms with Gasteiger partial charge in [0.1, 0.15) is 11.6 Å². The van der Waals surface area contributed by atoms with Gasteiger partial charge in [-0.25, -0.2) is 4.39 Å². The lowest BCUT2D eigenvalue weighted by Crippen LogP contribution is -1.95. The molecule has 0 saturated carbocycles. The van der Waals surface area contributed by atoms with Gasteiger partial charge in [-0.05, 0) is 6.08 Å². The van der Waals surface area contributed by atoms with Crippen molar-refractivity contribution in [2.24, 2.45) is 0 Å². The lowest BCUT2D eigenvalue weighted by molar-refractivity contribution is -0.105. The van der Waals surface area contributed by atoms with Crippen LogP contribution in [0.4, 0.5) is 4.39 Å². The van der Waals surface area contributed by atoms with E-state index < -0.39 is 5.83 Å². The van der Waals surface area contributed by atoms with Crippen molar-refractivity contribution in [1.82, 2.24) is 0 Å². The Morgan fingerprint density at radius 3 is 3.00 bits per heavy atom. The number of hydrogen-bond acceptors (Lipinski definition) is 2. The number of halogens is 1. The van der Waals surface area contributed by atoms with Crippen LogP contribution >= 0.6 is 0 Å². The standard InChI is InChI=1S/C9H9FO2/c1-12-9-5-3-2-4-8(10)7(9)6-11/h2-4,6H,5H2,1H3. The summed E-state index contributed by atoms with van der Waals surface area (Å²) in [6.07, 6.45) is 5.46. The lowest BCUT2D eigenvalue weighted by atomic mass is 10.2. The molecule has 1 aliphatic carbocycles. The molecule has 1 rings (SSSR count). The Labute approximate surface area is 70.0 Å². The molecule has 2 nitrogen and oxygen atoms in total. The van der Waals surface area contributed by atoms with Gasteiger partial charge in [0.25, 0.3) is 0 Å². The summed E-state index contributed by atoms with van der Waals surface area (Å²) in [4.78, 5) is 10.4. The highest BCUT2D eigenvalue weighted by atomic mass is 19.1. The van der Waals surface area contributed by atoms with Crippen LogP contribution in [-0.4, -0.2) is 13.4 Å². The molecule has 0 aliphatic heterocycles. The van der Waals surface area contributed by atoms with Crippen molar-refractivity contribution < 1.29 is 13.9 Å². The van der Waals surface area contributed by atoms with E-state index in [1.807, 2.05) is 0 Å². The molecule has 0 bridgehead atoms. The number of allylic oxidation sites excluding steroid dienone is 5. The van der Waals surface area contributed by atoms with E-state index in [4.69, 9.17) is 4.74 Å². The second-order valence-electron chi connectivity index (χ2n) is 2.31. The van der Waals surface area contributed by atoms with Gasteiger partial charge in [-0.2, -0.15) is 0 Å². The number of hydrogen-bond donors (Lipinski definition) is 0. The molecule has 0 aromatic rings. The topological polar surface area (TPSA) is 26.3 Å². The zero-order chi connectivity index (χ0) is 8.97. The average Bonchev–Trinajstić information content (AvgIpc) is 2.26. The fourth-order valence-corrected chi connectivity index (χ4v) is 0.976. The number of ether oxygens (including phenoxy) is 1. The molecule has 12 heavy (non-hydrogen) atoms. The Hall–Kier alpha value is -1.38. The van der Waals surface area contributed by atoms with Crippen molar-refractivity contribution in [2.75, 3.05) is 7.11 Å². The van der Waals surface area contributed by atoms with Crippen molar-refractivity contribution in [3.05, 3.63) is 35.4 Å². The average molecular weight is 168 g/mol. The second kappa shape index (κ2) is 3.85. The Kier molecular flexibility index (Phi) is 2.80. The Balaban J connectivity index is 3.09. The summed E-state index contributed by atoms with van der Waals surface area (Å²) in [6.45, 7) is 0. The highest BCUT2D eigenvalue weighted by Crippen LogP contribution is 2.20. The molecule has 0 spiro atoms. The van der Waals surface area contributed by atoms with Crippen LogP contribution in [0.3, 0.4) is 0 Å². The predicted octanol–water partition coefficient (Wildman–Crippen LogP) is 1.90. The van der Waals surface area contributed by atoms with Crippen molar-refractivity contribution in [3.8, 4) is 0 Å². The van der Waals surface area contributed by atoms with Crippen LogP contribution in [0.15, 0.2) is 35.4 Å². The monoisotopic (exact) mass is 168 g/mol. The third kappa shape index (κ3) is 1.61. The second-order valence-corrected chi connectivity index (χ2v) is 2.31. The van der Waals surface area contributed by atoms with Crippen LogP contribution < -0.4 is 0 Å². The van der Waals surface area contributed by atoms with E-state index in [1.165, 1.54) is 13.2 Å². The molecular weight excluding hydrogens is 159 g/mol. The van der Waals surface area contributed by atoms with Gasteiger partial charge >= 0.3 is 0 Å². The maximum atomic E-state index is 13.0. The molecule has 0 saturated heterocycles. The van der Waals surface area contributed by atoms with Crippen LogP contribution in [0.25, 0.3) is 0 Å². The summed E-state index contributed by atoms with van der Waals surface area (Å²) in [5.41, 5.74) is 0.00231. The number of rotatable bonds is 2. The molecule has 0 aromatic heterocycles. The Morgan fingerprint density at radius 1 is 1.67 bits per heavy atom. The lowest BCUT2D eigenvalue weighted by Gasteiger charge is -2.04. The summed E-state index contributed by atoms with van der Waals surface area (Å²) in [5, 5.41) is 0. The van der Waals surface area contributed by atoms with Gasteiger partial charge in [0.05, 0.1) is 12.7 Å². The SMILES string of the molecule is COC1=C(C=O)C(F)=CC=CC1. The fourth-order valence-electron chi connectivity index (χ4n) is 0.976. The van der Waals surface area contributed by atoms with Crippen molar-refractivity contribution >= 4 is 6.29 Å². The van der Waals surface area contributed by atoms with E-state index in [0.717, 1.165) is 0 Å². The Morgan fingerprint density at radius 2 is 2.42 bits per heavy atom. The van der Waals surface area contributed by atoms with Crippen molar-refractivity contribution in [2.45, 2.75) is 6.42 Å². The van der Waals surface area contributed by atoms with Gasteiger partial charge in [0.15, 0.2) is 6.29 Å². The maximum absolute atomic E-state index is 13.0. The molecule has 0 amide bonds. The molecule has 0 fully saturated rings. The van der Waals surface area contributed by atoms with Gasteiger partial charge in [0.2, 0.25) is 0 Å². The first-order valence-electron chi connectivity index (χ1n) is 3.54. The van der Waals surface area contributed by atoms with Gasteiger partial charge in [-0.1, -0.05) is 12.2 Å². The highest BCUT2D eigenvalue weighted by molar-refractivity contribution is 5.80. The molecule has 0 heterocycles. The number of methoxy groups -OCH3 is 1. The molecule has 3 heteroatoms. The smallest absolute Gasteiger partial charge is 0.156 e. The zero-order valence-electron chi connectivity index (χ0n) is 6.71. The molecule has 0 atom stereocenters. The molecule has 0 unspecified atom stereocenters. The van der Waals surface area contributed by atoms with Gasteiger partial charge in [-0.3, -0.25) is 4.79 Å². The van der Waals surface area contributed by atoms with Crippen molar-refractivity contribution in [3.63, 3.8) is 0 Å². The van der Waals surface area contributed by atoms with Crippen LogP contribution in [-0.2, 0) is 9.53 Å². The molecule has 1 aliphatic rings. The zero-order valence-corrected chi connectivity index (χ0v) is 6.71. The minimum atomic E-state index is -0.546. The third-order valence-corrected chi connectivity index (χ3v) is 1.60. The number of carbonyl (C=O) groups is 1. The minimum absolute atomic E-state index is 0.00231. The summed E-state index contributed by atoms with van der Waals surface area (Å²) in [5.74, 6) is -0.178. The quantitative estimate of drug-likeness (QED) is 0.588. The summed E-state index contributed by atoms with van der Waals surface area (Å²) >= 11 is 0. The molecule has 0 aromatic carbocycles. The van der Waals surface area contributed by atoms with Gasteiger partial charge < -0.3 is 4.74 Å². The van der Waals surface area contributed by atoms with E-state index in [-0.39, 0.29) is 5.57 Å². The first kappa shape index (κ1) is 8.71. The first-order chi connectivity index (χ1) is 5.79. The van der Waals surface area contributed by atoms with E-state index in [1.54, 1.807) is 12.2 Å².